The van der Waals surface area contributed by atoms with Gasteiger partial charge in [0.05, 0.1) is 10.7 Å². The standard InChI is InChI=1S/C18H16Cl2N6O2/c1-2-15(13-8-12(19)9-14(20)17(13)28)21-22-16(27)10-26-24-18(23-25-26)11-6-4-3-5-7-11/h3-9,28H,2,10H2,1H3,(H,22,27)/b21-15+. The SMILES string of the molecule is CC/C(=N\NC(=O)Cn1nnc(-c2ccccc2)n1)c1cc(Cl)cc(Cl)c1O. The summed E-state index contributed by atoms with van der Waals surface area (Å²) in [6.45, 7) is 1.66. The zero-order chi connectivity index (χ0) is 20.1. The van der Waals surface area contributed by atoms with Crippen LogP contribution in [-0.4, -0.2) is 36.9 Å². The van der Waals surface area contributed by atoms with E-state index >= 15 is 0 Å². The minimum absolute atomic E-state index is 0.107. The molecule has 0 bridgehead atoms. The molecule has 144 valence electrons. The third-order valence-corrected chi connectivity index (χ3v) is 4.27. The molecule has 0 aliphatic carbocycles. The number of halogens is 2. The number of aromatic hydroxyl groups is 1. The van der Waals surface area contributed by atoms with Crippen molar-refractivity contribution in [1.29, 1.82) is 0 Å². The van der Waals surface area contributed by atoms with E-state index < -0.39 is 5.91 Å². The molecule has 1 heterocycles. The zero-order valence-corrected chi connectivity index (χ0v) is 16.3. The fourth-order valence-electron chi connectivity index (χ4n) is 2.42. The van der Waals surface area contributed by atoms with Gasteiger partial charge in [-0.1, -0.05) is 60.5 Å². The van der Waals surface area contributed by atoms with E-state index in [2.05, 4.69) is 25.9 Å². The van der Waals surface area contributed by atoms with Gasteiger partial charge < -0.3 is 5.11 Å². The van der Waals surface area contributed by atoms with Crippen molar-refractivity contribution in [2.75, 3.05) is 0 Å². The molecule has 0 atom stereocenters. The summed E-state index contributed by atoms with van der Waals surface area (Å²) in [5, 5.41) is 26.6. The quantitative estimate of drug-likeness (QED) is 0.471. The van der Waals surface area contributed by atoms with Crippen molar-refractivity contribution in [2.24, 2.45) is 5.10 Å². The first-order valence-corrected chi connectivity index (χ1v) is 9.10. The lowest BCUT2D eigenvalue weighted by Crippen LogP contribution is -2.25. The number of hydrogen-bond donors (Lipinski definition) is 2. The lowest BCUT2D eigenvalue weighted by Gasteiger charge is -2.09. The molecule has 3 aromatic rings. The predicted molar refractivity (Wildman–Crippen MR) is 106 cm³/mol. The molecule has 3 rings (SSSR count). The highest BCUT2D eigenvalue weighted by atomic mass is 35.5. The summed E-state index contributed by atoms with van der Waals surface area (Å²) in [6.07, 6.45) is 0.435. The average molecular weight is 419 g/mol. The average Bonchev–Trinajstić information content (AvgIpc) is 3.15. The zero-order valence-electron chi connectivity index (χ0n) is 14.8. The molecule has 10 heteroatoms. The van der Waals surface area contributed by atoms with E-state index in [1.165, 1.54) is 16.9 Å². The summed E-state index contributed by atoms with van der Waals surface area (Å²) in [7, 11) is 0. The van der Waals surface area contributed by atoms with Gasteiger partial charge in [0.25, 0.3) is 5.91 Å². The van der Waals surface area contributed by atoms with E-state index in [-0.39, 0.29) is 17.3 Å². The maximum absolute atomic E-state index is 12.2. The molecule has 0 fully saturated rings. The number of nitrogens with zero attached hydrogens (tertiary/aromatic N) is 5. The summed E-state index contributed by atoms with van der Waals surface area (Å²) < 4.78 is 0. The number of phenolic OH excluding ortho intramolecular Hbond substituents is 1. The fourth-order valence-corrected chi connectivity index (χ4v) is 2.92. The molecule has 0 aliphatic rings. The van der Waals surface area contributed by atoms with E-state index in [0.717, 1.165) is 5.56 Å². The van der Waals surface area contributed by atoms with Crippen molar-refractivity contribution in [3.63, 3.8) is 0 Å². The molecular formula is C18H16Cl2N6O2. The van der Waals surface area contributed by atoms with Crippen molar-refractivity contribution >= 4 is 34.8 Å². The monoisotopic (exact) mass is 418 g/mol. The number of benzene rings is 2. The molecular weight excluding hydrogens is 403 g/mol. The Morgan fingerprint density at radius 2 is 2.00 bits per heavy atom. The van der Waals surface area contributed by atoms with Gasteiger partial charge in [-0.05, 0) is 23.8 Å². The highest BCUT2D eigenvalue weighted by Gasteiger charge is 2.14. The number of hydrazone groups is 1. The van der Waals surface area contributed by atoms with Crippen LogP contribution < -0.4 is 5.43 Å². The van der Waals surface area contributed by atoms with Crippen LogP contribution in [0, 0.1) is 0 Å². The Hall–Kier alpha value is -2.97. The van der Waals surface area contributed by atoms with Gasteiger partial charge in [-0.2, -0.15) is 9.90 Å². The van der Waals surface area contributed by atoms with Gasteiger partial charge in [0.15, 0.2) is 0 Å². The van der Waals surface area contributed by atoms with E-state index in [4.69, 9.17) is 23.2 Å². The molecule has 0 radical (unpaired) electrons. The topological polar surface area (TPSA) is 105 Å². The van der Waals surface area contributed by atoms with Crippen molar-refractivity contribution in [3.05, 3.63) is 58.1 Å². The number of hydrogen-bond acceptors (Lipinski definition) is 6. The Bertz CT molecular complexity index is 1020. The second kappa shape index (κ2) is 8.81. The molecule has 8 nitrogen and oxygen atoms in total. The molecule has 1 amide bonds. The summed E-state index contributed by atoms with van der Waals surface area (Å²) >= 11 is 11.9. The van der Waals surface area contributed by atoms with Crippen molar-refractivity contribution in [3.8, 4) is 17.1 Å². The lowest BCUT2D eigenvalue weighted by atomic mass is 10.1. The van der Waals surface area contributed by atoms with Crippen LogP contribution in [-0.2, 0) is 11.3 Å². The fraction of sp³-hybridized carbons (Fsp3) is 0.167. The molecule has 28 heavy (non-hydrogen) atoms. The van der Waals surface area contributed by atoms with Crippen molar-refractivity contribution in [1.82, 2.24) is 25.6 Å². The summed E-state index contributed by atoms with van der Waals surface area (Å²) in [6, 6.07) is 12.3. The molecule has 0 aliphatic heterocycles. The molecule has 0 saturated carbocycles. The maximum Gasteiger partial charge on any atom is 0.263 e. The Balaban J connectivity index is 1.70. The van der Waals surface area contributed by atoms with Crippen LogP contribution >= 0.6 is 23.2 Å². The highest BCUT2D eigenvalue weighted by Crippen LogP contribution is 2.32. The molecule has 0 saturated heterocycles. The highest BCUT2D eigenvalue weighted by molar-refractivity contribution is 6.36. The van der Waals surface area contributed by atoms with Gasteiger partial charge in [0, 0.05) is 16.1 Å². The first-order chi connectivity index (χ1) is 13.5. The molecule has 2 N–H and O–H groups in total. The van der Waals surface area contributed by atoms with Crippen LogP contribution in [0.5, 0.6) is 5.75 Å². The number of phenols is 1. The van der Waals surface area contributed by atoms with Gasteiger partial charge in [-0.25, -0.2) is 5.43 Å². The molecule has 1 aromatic heterocycles. The third kappa shape index (κ3) is 4.65. The number of tetrazole rings is 1. The van der Waals surface area contributed by atoms with Crippen molar-refractivity contribution in [2.45, 2.75) is 19.9 Å². The Morgan fingerprint density at radius 1 is 1.25 bits per heavy atom. The summed E-state index contributed by atoms with van der Waals surface area (Å²) in [5.41, 5.74) is 3.99. The number of aromatic nitrogens is 4. The van der Waals surface area contributed by atoms with Gasteiger partial charge in [0.2, 0.25) is 5.82 Å². The summed E-state index contributed by atoms with van der Waals surface area (Å²) in [5.74, 6) is -0.174. The number of rotatable bonds is 6. The Morgan fingerprint density at radius 3 is 2.71 bits per heavy atom. The second-order valence-electron chi connectivity index (χ2n) is 5.74. The van der Waals surface area contributed by atoms with E-state index in [1.54, 1.807) is 0 Å². The maximum atomic E-state index is 12.2. The third-order valence-electron chi connectivity index (χ3n) is 3.76. The number of carbonyl (C=O) groups excluding carboxylic acids is 1. The van der Waals surface area contributed by atoms with E-state index in [9.17, 15) is 9.90 Å². The van der Waals surface area contributed by atoms with Crippen LogP contribution in [0.1, 0.15) is 18.9 Å². The van der Waals surface area contributed by atoms with Gasteiger partial charge in [-0.15, -0.1) is 10.2 Å². The Labute approximate surface area is 170 Å². The Kier molecular flexibility index (Phi) is 6.23. The van der Waals surface area contributed by atoms with Crippen LogP contribution in [0.25, 0.3) is 11.4 Å². The normalized spacial score (nSPS) is 11.5. The molecule has 2 aromatic carbocycles. The molecule has 0 unspecified atom stereocenters. The number of carbonyl (C=O) groups is 1. The largest absolute Gasteiger partial charge is 0.506 e. The van der Waals surface area contributed by atoms with Crippen LogP contribution in [0.4, 0.5) is 0 Å². The lowest BCUT2D eigenvalue weighted by molar-refractivity contribution is -0.122. The van der Waals surface area contributed by atoms with Gasteiger partial charge in [0.1, 0.15) is 12.3 Å². The van der Waals surface area contributed by atoms with Crippen LogP contribution in [0.15, 0.2) is 47.6 Å². The summed E-state index contributed by atoms with van der Waals surface area (Å²) in [4.78, 5) is 13.3. The minimum Gasteiger partial charge on any atom is -0.506 e. The van der Waals surface area contributed by atoms with Gasteiger partial charge in [-0.3, -0.25) is 4.79 Å². The first kappa shape index (κ1) is 19.8. The molecule has 0 spiro atoms. The minimum atomic E-state index is -0.449. The second-order valence-corrected chi connectivity index (χ2v) is 6.58. The smallest absolute Gasteiger partial charge is 0.263 e. The van der Waals surface area contributed by atoms with E-state index in [0.29, 0.717) is 28.5 Å². The predicted octanol–water partition coefficient (Wildman–Crippen LogP) is 3.28. The van der Waals surface area contributed by atoms with Crippen molar-refractivity contribution < 1.29 is 9.90 Å². The first-order valence-electron chi connectivity index (χ1n) is 8.35. The van der Waals surface area contributed by atoms with Crippen LogP contribution in [0.3, 0.4) is 0 Å². The number of amides is 1. The van der Waals surface area contributed by atoms with E-state index in [1.807, 2.05) is 37.3 Å². The van der Waals surface area contributed by atoms with Gasteiger partial charge >= 0.3 is 0 Å². The number of nitrogens with one attached hydrogen (secondary N) is 1. The van der Waals surface area contributed by atoms with Crippen LogP contribution in [0.2, 0.25) is 10.0 Å².